The summed E-state index contributed by atoms with van der Waals surface area (Å²) in [6, 6.07) is 8.45. The minimum absolute atomic E-state index is 0.216. The highest BCUT2D eigenvalue weighted by Crippen LogP contribution is 2.14. The van der Waals surface area contributed by atoms with Gasteiger partial charge in [0.2, 0.25) is 10.0 Å². The molecule has 0 amide bonds. The number of hydrogen-bond donors (Lipinski definition) is 2. The van der Waals surface area contributed by atoms with Crippen LogP contribution in [0.2, 0.25) is 0 Å². The summed E-state index contributed by atoms with van der Waals surface area (Å²) in [5.41, 5.74) is 1.70. The predicted octanol–water partition coefficient (Wildman–Crippen LogP) is 1.33. The molecule has 0 saturated heterocycles. The molecule has 0 aliphatic rings. The molecule has 1 aromatic carbocycles. The average Bonchev–Trinajstić information content (AvgIpc) is 2.83. The van der Waals surface area contributed by atoms with Gasteiger partial charge in [0.05, 0.1) is 17.1 Å². The lowest BCUT2D eigenvalue weighted by molar-refractivity contribution is 0.577. The van der Waals surface area contributed by atoms with E-state index in [2.05, 4.69) is 15.1 Å². The average molecular weight is 294 g/mol. The fourth-order valence-corrected chi connectivity index (χ4v) is 2.78. The highest BCUT2D eigenvalue weighted by Gasteiger charge is 2.14. The minimum Gasteiger partial charge on any atom is -0.385 e. The predicted molar refractivity (Wildman–Crippen MR) is 77.8 cm³/mol. The first kappa shape index (κ1) is 14.5. The third-order valence-corrected chi connectivity index (χ3v) is 4.33. The molecule has 0 fully saturated rings. The van der Waals surface area contributed by atoms with Crippen LogP contribution in [0.15, 0.2) is 41.4 Å². The van der Waals surface area contributed by atoms with Crippen molar-refractivity contribution in [2.45, 2.75) is 18.4 Å². The number of sulfonamides is 1. The summed E-state index contributed by atoms with van der Waals surface area (Å²) in [5, 5.41) is 7.12. The van der Waals surface area contributed by atoms with Crippen LogP contribution >= 0.6 is 0 Å². The Labute approximate surface area is 118 Å². The Morgan fingerprint density at radius 1 is 1.20 bits per heavy atom. The summed E-state index contributed by atoms with van der Waals surface area (Å²) in [6.45, 7) is 3.00. The molecule has 7 heteroatoms. The zero-order valence-electron chi connectivity index (χ0n) is 11.5. The van der Waals surface area contributed by atoms with Gasteiger partial charge in [-0.25, -0.2) is 13.1 Å². The van der Waals surface area contributed by atoms with Crippen molar-refractivity contribution in [3.63, 3.8) is 0 Å². The van der Waals surface area contributed by atoms with E-state index >= 15 is 0 Å². The van der Waals surface area contributed by atoms with Crippen molar-refractivity contribution in [2.75, 3.05) is 11.9 Å². The lowest BCUT2D eigenvalue weighted by Crippen LogP contribution is -2.24. The zero-order valence-corrected chi connectivity index (χ0v) is 12.3. The van der Waals surface area contributed by atoms with Crippen molar-refractivity contribution < 1.29 is 8.42 Å². The summed E-state index contributed by atoms with van der Waals surface area (Å²) in [4.78, 5) is 0.251. The number of rotatable bonds is 6. The molecule has 0 saturated carbocycles. The van der Waals surface area contributed by atoms with Crippen LogP contribution in [0.3, 0.4) is 0 Å². The van der Waals surface area contributed by atoms with Crippen molar-refractivity contribution in [3.8, 4) is 0 Å². The normalized spacial score (nSPS) is 11.5. The van der Waals surface area contributed by atoms with Gasteiger partial charge in [-0.05, 0) is 37.3 Å². The van der Waals surface area contributed by atoms with Crippen molar-refractivity contribution in [2.24, 2.45) is 7.05 Å². The second kappa shape index (κ2) is 6.06. The highest BCUT2D eigenvalue weighted by atomic mass is 32.2. The van der Waals surface area contributed by atoms with Crippen LogP contribution in [-0.4, -0.2) is 24.7 Å². The molecule has 1 heterocycles. The van der Waals surface area contributed by atoms with E-state index in [1.807, 2.05) is 6.92 Å². The van der Waals surface area contributed by atoms with Gasteiger partial charge in [-0.15, -0.1) is 0 Å². The Kier molecular flexibility index (Phi) is 4.41. The van der Waals surface area contributed by atoms with Crippen LogP contribution in [0.25, 0.3) is 0 Å². The quantitative estimate of drug-likeness (QED) is 0.843. The molecule has 1 aromatic heterocycles. The van der Waals surface area contributed by atoms with Crippen LogP contribution < -0.4 is 10.0 Å². The lowest BCUT2D eigenvalue weighted by Gasteiger charge is -2.08. The molecule has 108 valence electrons. The van der Waals surface area contributed by atoms with Gasteiger partial charge in [-0.2, -0.15) is 5.10 Å². The standard InChI is InChI=1S/C13H18N4O2S/c1-3-14-11-4-6-13(7-5-11)20(18,19)16-10-12-8-9-15-17(12)2/h4-9,14,16H,3,10H2,1-2H3. The van der Waals surface area contributed by atoms with E-state index in [1.165, 1.54) is 0 Å². The van der Waals surface area contributed by atoms with Crippen LogP contribution in [0.1, 0.15) is 12.6 Å². The van der Waals surface area contributed by atoms with Crippen LogP contribution in [0.4, 0.5) is 5.69 Å². The molecule has 0 radical (unpaired) electrons. The number of nitrogens with one attached hydrogen (secondary N) is 2. The van der Waals surface area contributed by atoms with Gasteiger partial charge in [0, 0.05) is 25.5 Å². The SMILES string of the molecule is CCNc1ccc(S(=O)(=O)NCc2ccnn2C)cc1. The fourth-order valence-electron chi connectivity index (χ4n) is 1.78. The molecular weight excluding hydrogens is 276 g/mol. The maximum absolute atomic E-state index is 12.1. The Morgan fingerprint density at radius 2 is 1.90 bits per heavy atom. The smallest absolute Gasteiger partial charge is 0.240 e. The molecule has 0 bridgehead atoms. The van der Waals surface area contributed by atoms with Crippen molar-refractivity contribution in [1.29, 1.82) is 0 Å². The topological polar surface area (TPSA) is 76.0 Å². The summed E-state index contributed by atoms with van der Waals surface area (Å²) in [5.74, 6) is 0. The Bertz CT molecular complexity index is 662. The van der Waals surface area contributed by atoms with Crippen molar-refractivity contribution >= 4 is 15.7 Å². The minimum atomic E-state index is -3.50. The molecule has 2 aromatic rings. The van der Waals surface area contributed by atoms with Crippen molar-refractivity contribution in [3.05, 3.63) is 42.2 Å². The van der Waals surface area contributed by atoms with Gasteiger partial charge in [0.1, 0.15) is 0 Å². The molecule has 2 N–H and O–H groups in total. The monoisotopic (exact) mass is 294 g/mol. The highest BCUT2D eigenvalue weighted by molar-refractivity contribution is 7.89. The molecule has 6 nitrogen and oxygen atoms in total. The molecule has 0 spiro atoms. The summed E-state index contributed by atoms with van der Waals surface area (Å²) < 4.78 is 28.5. The fraction of sp³-hybridized carbons (Fsp3) is 0.308. The number of anilines is 1. The van der Waals surface area contributed by atoms with Gasteiger partial charge in [-0.1, -0.05) is 0 Å². The number of aromatic nitrogens is 2. The zero-order chi connectivity index (χ0) is 14.6. The summed E-state index contributed by atoms with van der Waals surface area (Å²) in [7, 11) is -1.73. The first-order chi connectivity index (χ1) is 9.53. The van der Waals surface area contributed by atoms with E-state index in [-0.39, 0.29) is 11.4 Å². The summed E-state index contributed by atoms with van der Waals surface area (Å²) >= 11 is 0. The van der Waals surface area contributed by atoms with Gasteiger partial charge >= 0.3 is 0 Å². The maximum atomic E-state index is 12.1. The van der Waals surface area contributed by atoms with Gasteiger partial charge in [0.25, 0.3) is 0 Å². The molecule has 0 atom stereocenters. The molecule has 0 aliphatic heterocycles. The van der Waals surface area contributed by atoms with Crippen LogP contribution in [0, 0.1) is 0 Å². The molecule has 0 aliphatic carbocycles. The van der Waals surface area contributed by atoms with Crippen LogP contribution in [0.5, 0.6) is 0 Å². The summed E-state index contributed by atoms with van der Waals surface area (Å²) in [6.07, 6.45) is 1.63. The lowest BCUT2D eigenvalue weighted by atomic mass is 10.3. The van der Waals surface area contributed by atoms with Crippen molar-refractivity contribution in [1.82, 2.24) is 14.5 Å². The van der Waals surface area contributed by atoms with Gasteiger partial charge in [0.15, 0.2) is 0 Å². The molecule has 2 rings (SSSR count). The Hall–Kier alpha value is -1.86. The van der Waals surface area contributed by atoms with Crippen LogP contribution in [-0.2, 0) is 23.6 Å². The largest absolute Gasteiger partial charge is 0.385 e. The Balaban J connectivity index is 2.08. The second-order valence-corrected chi connectivity index (χ2v) is 6.09. The van der Waals surface area contributed by atoms with E-state index < -0.39 is 10.0 Å². The first-order valence-electron chi connectivity index (χ1n) is 6.33. The van der Waals surface area contributed by atoms with E-state index in [1.54, 1.807) is 48.3 Å². The molecule has 20 heavy (non-hydrogen) atoms. The molecule has 0 unspecified atom stereocenters. The maximum Gasteiger partial charge on any atom is 0.240 e. The Morgan fingerprint density at radius 3 is 2.45 bits per heavy atom. The van der Waals surface area contributed by atoms with Gasteiger partial charge < -0.3 is 5.32 Å². The third kappa shape index (κ3) is 3.37. The van der Waals surface area contributed by atoms with E-state index in [0.29, 0.717) is 0 Å². The third-order valence-electron chi connectivity index (χ3n) is 2.91. The van der Waals surface area contributed by atoms with E-state index in [9.17, 15) is 8.42 Å². The number of hydrogen-bond acceptors (Lipinski definition) is 4. The van der Waals surface area contributed by atoms with Gasteiger partial charge in [-0.3, -0.25) is 4.68 Å². The van der Waals surface area contributed by atoms with E-state index in [4.69, 9.17) is 0 Å². The number of aryl methyl sites for hydroxylation is 1. The first-order valence-corrected chi connectivity index (χ1v) is 7.81. The number of benzene rings is 1. The number of nitrogens with zero attached hydrogens (tertiary/aromatic N) is 2. The molecular formula is C13H18N4O2S. The van der Waals surface area contributed by atoms with E-state index in [0.717, 1.165) is 17.9 Å². The second-order valence-electron chi connectivity index (χ2n) is 4.33.